The molecule has 0 fully saturated rings. The minimum Gasteiger partial charge on any atom is -0.310 e. The van der Waals surface area contributed by atoms with Crippen molar-refractivity contribution >= 4 is 94.8 Å². The molecule has 16 aromatic rings. The van der Waals surface area contributed by atoms with E-state index in [-0.39, 0.29) is 0 Å². The smallest absolute Gasteiger partial charge is 0.0542 e. The molecule has 1 aliphatic heterocycles. The Kier molecular flexibility index (Phi) is 13.3. The van der Waals surface area contributed by atoms with E-state index >= 15 is 0 Å². The van der Waals surface area contributed by atoms with Gasteiger partial charge in [0.05, 0.1) is 22.1 Å². The summed E-state index contributed by atoms with van der Waals surface area (Å²) >= 11 is 0. The monoisotopic (exact) mass is 1160 g/mol. The number of rotatable bonds is 10. The third kappa shape index (κ3) is 9.50. The number of anilines is 9. The van der Waals surface area contributed by atoms with Crippen molar-refractivity contribution in [2.75, 3.05) is 14.7 Å². The van der Waals surface area contributed by atoms with E-state index in [1.54, 1.807) is 0 Å². The van der Waals surface area contributed by atoms with Crippen LogP contribution in [-0.2, 0) is 12.8 Å². The predicted octanol–water partition coefficient (Wildman–Crippen LogP) is 23.1. The van der Waals surface area contributed by atoms with E-state index in [2.05, 4.69) is 370 Å². The average Bonchev–Trinajstić information content (AvgIpc) is 1.67. The predicted molar refractivity (Wildman–Crippen MR) is 382 cm³/mol. The van der Waals surface area contributed by atoms with Crippen molar-refractivity contribution in [2.45, 2.75) is 12.8 Å². The van der Waals surface area contributed by atoms with Crippen molar-refractivity contribution in [2.24, 2.45) is 0 Å². The average molecular weight is 1160 g/mol. The van der Waals surface area contributed by atoms with Crippen molar-refractivity contribution in [1.29, 1.82) is 0 Å². The van der Waals surface area contributed by atoms with Gasteiger partial charge in [-0.15, -0.1) is 0 Å². The lowest BCUT2D eigenvalue weighted by Gasteiger charge is -2.30. The summed E-state index contributed by atoms with van der Waals surface area (Å²) < 4.78 is 4.79. The molecule has 14 aromatic carbocycles. The van der Waals surface area contributed by atoms with Gasteiger partial charge < -0.3 is 23.8 Å². The lowest BCUT2D eigenvalue weighted by molar-refractivity contribution is 1.14. The first kappa shape index (κ1) is 53.3. The summed E-state index contributed by atoms with van der Waals surface area (Å²) in [6.45, 7) is 0. The van der Waals surface area contributed by atoms with E-state index < -0.39 is 0 Å². The number of aromatic nitrogens is 2. The van der Waals surface area contributed by atoms with Crippen molar-refractivity contribution in [3.63, 3.8) is 0 Å². The first-order chi connectivity index (χ1) is 45.1. The van der Waals surface area contributed by atoms with Crippen LogP contribution in [0.2, 0.25) is 0 Å². The van der Waals surface area contributed by atoms with Crippen LogP contribution in [0, 0.1) is 0 Å². The van der Waals surface area contributed by atoms with Crippen LogP contribution in [0.1, 0.15) is 22.3 Å². The number of nitrogens with zero attached hydrogens (tertiary/aromatic N) is 5. The van der Waals surface area contributed by atoms with Crippen LogP contribution in [-0.4, -0.2) is 9.13 Å². The fourth-order valence-electron chi connectivity index (χ4n) is 14.2. The highest BCUT2D eigenvalue weighted by atomic mass is 15.2. The maximum absolute atomic E-state index is 2.51. The van der Waals surface area contributed by atoms with Gasteiger partial charge in [-0.2, -0.15) is 0 Å². The van der Waals surface area contributed by atoms with Gasteiger partial charge in [0.25, 0.3) is 0 Å². The van der Waals surface area contributed by atoms with Gasteiger partial charge in [-0.3, -0.25) is 0 Å². The maximum atomic E-state index is 2.51. The summed E-state index contributed by atoms with van der Waals surface area (Å²) in [7, 11) is 0. The molecule has 0 saturated carbocycles. The van der Waals surface area contributed by atoms with E-state index in [1.165, 1.54) is 88.1 Å². The van der Waals surface area contributed by atoms with Gasteiger partial charge in [-0.1, -0.05) is 200 Å². The summed E-state index contributed by atoms with van der Waals surface area (Å²) in [6.07, 6.45) is 1.33. The molecule has 2 aromatic heterocycles. The lowest BCUT2D eigenvalue weighted by atomic mass is 9.89. The van der Waals surface area contributed by atoms with Crippen molar-refractivity contribution in [1.82, 2.24) is 9.13 Å². The van der Waals surface area contributed by atoms with Gasteiger partial charge in [-0.05, 0) is 190 Å². The molecular formula is C86H61N5. The highest BCUT2D eigenvalue weighted by Gasteiger charge is 2.27. The Bertz CT molecular complexity index is 5050. The highest BCUT2D eigenvalue weighted by molar-refractivity contribution is 6.12. The summed E-state index contributed by atoms with van der Waals surface area (Å²) in [5.41, 5.74) is 26.5. The molecule has 1 aliphatic rings. The second kappa shape index (κ2) is 22.7. The highest BCUT2D eigenvalue weighted by Crippen LogP contribution is 2.48. The number of hydrogen-bond donors (Lipinski definition) is 0. The zero-order chi connectivity index (χ0) is 60.2. The van der Waals surface area contributed by atoms with Gasteiger partial charge in [0.1, 0.15) is 0 Å². The van der Waals surface area contributed by atoms with Crippen LogP contribution in [0.15, 0.2) is 346 Å². The van der Waals surface area contributed by atoms with Crippen LogP contribution in [0.5, 0.6) is 0 Å². The molecule has 5 heteroatoms. The SMILES string of the molecule is c1ccc(-c2ccc(N3c4ccccc4Cc4cc(N(c5ccccc5)c5ccc6c(c5)c5ccccc5n6-c5ccccc5)ccc4-c4ccc(N(c5ccccc5)c5ccc6c(c5)c5ccccc5n6-c5ccccc5)cc4Cc4ccccc43)cc2)cc1. The quantitative estimate of drug-likeness (QED) is 0.136. The minimum absolute atomic E-state index is 0.667. The number of fused-ring (bicyclic) bond motifs is 11. The van der Waals surface area contributed by atoms with Crippen LogP contribution in [0.4, 0.5) is 51.2 Å². The Morgan fingerprint density at radius 1 is 0.220 bits per heavy atom. The molecule has 0 amide bonds. The Morgan fingerprint density at radius 3 is 1.03 bits per heavy atom. The molecular weight excluding hydrogens is 1100 g/mol. The molecule has 0 N–H and O–H groups in total. The summed E-state index contributed by atoms with van der Waals surface area (Å²) in [4.78, 5) is 7.39. The molecule has 3 heterocycles. The molecule has 0 unspecified atom stereocenters. The summed E-state index contributed by atoms with van der Waals surface area (Å²) in [5.74, 6) is 0. The Labute approximate surface area is 530 Å². The molecule has 0 aliphatic carbocycles. The van der Waals surface area contributed by atoms with Crippen molar-refractivity contribution in [3.8, 4) is 33.6 Å². The first-order valence-corrected chi connectivity index (χ1v) is 31.4. The second-order valence-corrected chi connectivity index (χ2v) is 23.7. The molecule has 0 spiro atoms. The molecule has 0 atom stereocenters. The zero-order valence-corrected chi connectivity index (χ0v) is 50.1. The Hall–Kier alpha value is -11.9. The van der Waals surface area contributed by atoms with Crippen LogP contribution < -0.4 is 14.7 Å². The number of hydrogen-bond acceptors (Lipinski definition) is 3. The Morgan fingerprint density at radius 2 is 0.571 bits per heavy atom. The third-order valence-electron chi connectivity index (χ3n) is 18.3. The molecule has 91 heavy (non-hydrogen) atoms. The van der Waals surface area contributed by atoms with Crippen LogP contribution in [0.25, 0.3) is 77.2 Å². The van der Waals surface area contributed by atoms with E-state index in [0.717, 1.165) is 62.6 Å². The Balaban J connectivity index is 0.878. The van der Waals surface area contributed by atoms with E-state index in [1.807, 2.05) is 0 Å². The van der Waals surface area contributed by atoms with Gasteiger partial charge in [0.15, 0.2) is 0 Å². The zero-order valence-electron chi connectivity index (χ0n) is 50.1. The lowest BCUT2D eigenvalue weighted by Crippen LogP contribution is -2.14. The fourth-order valence-corrected chi connectivity index (χ4v) is 14.2. The van der Waals surface area contributed by atoms with Crippen LogP contribution in [0.3, 0.4) is 0 Å². The fraction of sp³-hybridized carbons (Fsp3) is 0.0233. The number of para-hydroxylation sites is 8. The minimum atomic E-state index is 0.667. The van der Waals surface area contributed by atoms with Gasteiger partial charge in [0, 0.05) is 96.9 Å². The van der Waals surface area contributed by atoms with Gasteiger partial charge in [0.2, 0.25) is 0 Å². The van der Waals surface area contributed by atoms with E-state index in [4.69, 9.17) is 0 Å². The maximum Gasteiger partial charge on any atom is 0.0542 e. The largest absolute Gasteiger partial charge is 0.310 e. The normalized spacial score (nSPS) is 12.1. The first-order valence-electron chi connectivity index (χ1n) is 31.4. The standard InChI is InChI=1S/C86H61N5/c1-6-24-60(25-7-1)61-42-44-70(45-43-61)89-81-38-20-16-26-62(81)54-64-56-71(87(66-28-8-2-9-29-66)73-48-52-85-79(58-73)77-36-18-22-40-83(77)90(85)68-32-12-4-13-33-68)46-50-75(64)76-51-47-72(57-65(76)55-63-27-17-21-39-82(63)89)88(67-30-10-3-11-31-67)74-49-53-86-80(59-74)78-37-19-23-41-84(78)91(86)69-34-14-5-15-35-69/h1-53,56-59H,54-55H2. The van der Waals surface area contributed by atoms with Crippen molar-refractivity contribution in [3.05, 3.63) is 368 Å². The van der Waals surface area contributed by atoms with Crippen molar-refractivity contribution < 1.29 is 0 Å². The number of benzene rings is 14. The van der Waals surface area contributed by atoms with Gasteiger partial charge in [-0.25, -0.2) is 0 Å². The molecule has 430 valence electrons. The molecule has 5 nitrogen and oxygen atoms in total. The molecule has 0 bridgehead atoms. The second-order valence-electron chi connectivity index (χ2n) is 23.7. The molecule has 17 rings (SSSR count). The third-order valence-corrected chi connectivity index (χ3v) is 18.3. The summed E-state index contributed by atoms with van der Waals surface area (Å²) in [5, 5.41) is 4.83. The van der Waals surface area contributed by atoms with Crippen LogP contribution >= 0.6 is 0 Å². The summed E-state index contributed by atoms with van der Waals surface area (Å²) in [6, 6.07) is 127. The van der Waals surface area contributed by atoms with Gasteiger partial charge >= 0.3 is 0 Å². The topological polar surface area (TPSA) is 19.6 Å². The van der Waals surface area contributed by atoms with E-state index in [0.29, 0.717) is 12.8 Å². The molecule has 0 radical (unpaired) electrons. The molecule has 0 saturated heterocycles. The van der Waals surface area contributed by atoms with E-state index in [9.17, 15) is 0 Å².